The summed E-state index contributed by atoms with van der Waals surface area (Å²) in [5.41, 5.74) is 2.21. The van der Waals surface area contributed by atoms with Crippen molar-refractivity contribution in [2.75, 3.05) is 18.8 Å². The molecule has 2 heterocycles. The Bertz CT molecular complexity index is 763. The molecule has 0 aliphatic carbocycles. The Morgan fingerprint density at radius 3 is 2.43 bits per heavy atom. The summed E-state index contributed by atoms with van der Waals surface area (Å²) in [6.07, 6.45) is 5.54. The van der Waals surface area contributed by atoms with Gasteiger partial charge in [0.25, 0.3) is 0 Å². The van der Waals surface area contributed by atoms with Crippen LogP contribution in [0.3, 0.4) is 0 Å². The minimum Gasteiger partial charge on any atom is -0.269 e. The first-order valence-electron chi connectivity index (χ1n) is 7.77. The highest BCUT2D eigenvalue weighted by Gasteiger charge is 2.27. The van der Waals surface area contributed by atoms with Crippen LogP contribution in [0.2, 0.25) is 0 Å². The highest BCUT2D eigenvalue weighted by Crippen LogP contribution is 2.27. The molecule has 7 heteroatoms. The lowest BCUT2D eigenvalue weighted by Crippen LogP contribution is -2.39. The zero-order chi connectivity index (χ0) is 16.4. The third kappa shape index (κ3) is 3.67. The highest BCUT2D eigenvalue weighted by molar-refractivity contribution is 9.10. The third-order valence-corrected chi connectivity index (χ3v) is 6.75. The maximum absolute atomic E-state index is 11.9. The summed E-state index contributed by atoms with van der Waals surface area (Å²) in [4.78, 5) is 0. The molecule has 1 saturated heterocycles. The Labute approximate surface area is 145 Å². The molecule has 5 nitrogen and oxygen atoms in total. The lowest BCUT2D eigenvalue weighted by atomic mass is 10.1. The average molecular weight is 398 g/mol. The van der Waals surface area contributed by atoms with Gasteiger partial charge < -0.3 is 0 Å². The average Bonchev–Trinajstić information content (AvgIpc) is 3.05. The normalized spacial score (nSPS) is 17.5. The molecule has 124 valence electrons. The molecule has 0 spiro atoms. The number of rotatable bonds is 4. The van der Waals surface area contributed by atoms with E-state index in [4.69, 9.17) is 0 Å². The van der Waals surface area contributed by atoms with Gasteiger partial charge >= 0.3 is 0 Å². The molecule has 1 aliphatic rings. The van der Waals surface area contributed by atoms with Crippen LogP contribution in [-0.4, -0.2) is 41.3 Å². The minimum atomic E-state index is -3.07. The van der Waals surface area contributed by atoms with Crippen molar-refractivity contribution in [3.05, 3.63) is 41.1 Å². The Hall–Kier alpha value is -1.18. The van der Waals surface area contributed by atoms with E-state index in [1.54, 1.807) is 11.2 Å². The molecule has 1 aromatic carbocycles. The molecule has 0 saturated carbocycles. The van der Waals surface area contributed by atoms with Crippen LogP contribution in [0.15, 0.2) is 41.1 Å². The van der Waals surface area contributed by atoms with Crippen molar-refractivity contribution in [2.45, 2.75) is 25.8 Å². The number of sulfonamides is 1. The molecule has 2 aromatic rings. The third-order valence-electron chi connectivity index (χ3n) is 4.33. The van der Waals surface area contributed by atoms with Gasteiger partial charge in [0.05, 0.1) is 18.0 Å². The van der Waals surface area contributed by atoms with E-state index in [0.29, 0.717) is 13.1 Å². The smallest absolute Gasteiger partial charge is 0.213 e. The predicted octanol–water partition coefficient (Wildman–Crippen LogP) is 3.30. The lowest BCUT2D eigenvalue weighted by molar-refractivity contribution is 0.261. The van der Waals surface area contributed by atoms with E-state index < -0.39 is 10.0 Å². The quantitative estimate of drug-likeness (QED) is 0.794. The standard InChI is InChI=1S/C16H20BrN3O2S/c1-2-23(21,22)19-9-7-16(8-10-19)20-12-14(11-18-20)13-3-5-15(17)6-4-13/h3-6,11-12,16H,2,7-10H2,1H3. The maximum atomic E-state index is 11.9. The summed E-state index contributed by atoms with van der Waals surface area (Å²) in [5.74, 6) is 0.174. The molecule has 1 fully saturated rings. The molecular formula is C16H20BrN3O2S. The molecule has 0 N–H and O–H groups in total. The molecular weight excluding hydrogens is 378 g/mol. The zero-order valence-corrected chi connectivity index (χ0v) is 15.4. The molecule has 0 radical (unpaired) electrons. The first-order valence-corrected chi connectivity index (χ1v) is 10.2. The number of piperidine rings is 1. The van der Waals surface area contributed by atoms with Gasteiger partial charge in [0, 0.05) is 29.3 Å². The van der Waals surface area contributed by atoms with Gasteiger partial charge in [-0.05, 0) is 37.5 Å². The van der Waals surface area contributed by atoms with Crippen LogP contribution >= 0.6 is 15.9 Å². The summed E-state index contributed by atoms with van der Waals surface area (Å²) in [5, 5.41) is 4.48. The summed E-state index contributed by atoms with van der Waals surface area (Å²) < 4.78 is 28.5. The van der Waals surface area contributed by atoms with Gasteiger partial charge in [0.2, 0.25) is 10.0 Å². The zero-order valence-electron chi connectivity index (χ0n) is 13.0. The summed E-state index contributed by atoms with van der Waals surface area (Å²) in [7, 11) is -3.07. The van der Waals surface area contributed by atoms with Gasteiger partial charge in [0.15, 0.2) is 0 Å². The number of hydrogen-bond acceptors (Lipinski definition) is 3. The van der Waals surface area contributed by atoms with Crippen LogP contribution in [0.4, 0.5) is 0 Å². The first-order chi connectivity index (χ1) is 11.0. The maximum Gasteiger partial charge on any atom is 0.213 e. The van der Waals surface area contributed by atoms with E-state index in [1.807, 2.05) is 23.0 Å². The van der Waals surface area contributed by atoms with Crippen molar-refractivity contribution in [2.24, 2.45) is 0 Å². The van der Waals surface area contributed by atoms with Crippen LogP contribution in [0, 0.1) is 0 Å². The number of benzene rings is 1. The van der Waals surface area contributed by atoms with Crippen molar-refractivity contribution in [3.63, 3.8) is 0 Å². The van der Waals surface area contributed by atoms with E-state index >= 15 is 0 Å². The van der Waals surface area contributed by atoms with Gasteiger partial charge in [-0.1, -0.05) is 28.1 Å². The Morgan fingerprint density at radius 1 is 1.17 bits per heavy atom. The van der Waals surface area contributed by atoms with Crippen LogP contribution in [0.1, 0.15) is 25.8 Å². The first kappa shape index (κ1) is 16.7. The molecule has 0 atom stereocenters. The molecule has 0 bridgehead atoms. The minimum absolute atomic E-state index is 0.174. The molecule has 23 heavy (non-hydrogen) atoms. The highest BCUT2D eigenvalue weighted by atomic mass is 79.9. The van der Waals surface area contributed by atoms with Crippen molar-refractivity contribution in [1.82, 2.24) is 14.1 Å². The summed E-state index contributed by atoms with van der Waals surface area (Å²) in [6.45, 7) is 2.85. The van der Waals surface area contributed by atoms with Crippen LogP contribution < -0.4 is 0 Å². The molecule has 3 rings (SSSR count). The van der Waals surface area contributed by atoms with Crippen LogP contribution in [0.25, 0.3) is 11.1 Å². The van der Waals surface area contributed by atoms with Crippen LogP contribution in [0.5, 0.6) is 0 Å². The fourth-order valence-corrected chi connectivity index (χ4v) is 4.29. The van der Waals surface area contributed by atoms with Gasteiger partial charge in [-0.2, -0.15) is 5.10 Å². The molecule has 1 aliphatic heterocycles. The fourth-order valence-electron chi connectivity index (χ4n) is 2.90. The van der Waals surface area contributed by atoms with Gasteiger partial charge in [0.1, 0.15) is 0 Å². The topological polar surface area (TPSA) is 55.2 Å². The second-order valence-electron chi connectivity index (χ2n) is 5.75. The van der Waals surface area contributed by atoms with Crippen molar-refractivity contribution >= 4 is 26.0 Å². The summed E-state index contributed by atoms with van der Waals surface area (Å²) >= 11 is 3.44. The van der Waals surface area contributed by atoms with E-state index in [-0.39, 0.29) is 11.8 Å². The number of hydrogen-bond donors (Lipinski definition) is 0. The summed E-state index contributed by atoms with van der Waals surface area (Å²) in [6, 6.07) is 8.41. The van der Waals surface area contributed by atoms with E-state index in [9.17, 15) is 8.42 Å². The predicted molar refractivity (Wildman–Crippen MR) is 94.7 cm³/mol. The number of aromatic nitrogens is 2. The molecule has 1 aromatic heterocycles. The SMILES string of the molecule is CCS(=O)(=O)N1CCC(n2cc(-c3ccc(Br)cc3)cn2)CC1. The largest absolute Gasteiger partial charge is 0.269 e. The van der Waals surface area contributed by atoms with Crippen molar-refractivity contribution in [1.29, 1.82) is 0 Å². The van der Waals surface area contributed by atoms with E-state index in [0.717, 1.165) is 28.4 Å². The number of nitrogens with zero attached hydrogens (tertiary/aromatic N) is 3. The van der Waals surface area contributed by atoms with Gasteiger partial charge in [-0.15, -0.1) is 0 Å². The number of halogens is 1. The van der Waals surface area contributed by atoms with Gasteiger partial charge in [-0.3, -0.25) is 4.68 Å². The second-order valence-corrected chi connectivity index (χ2v) is 8.92. The molecule has 0 unspecified atom stereocenters. The molecule has 0 amide bonds. The Kier molecular flexibility index (Phi) is 4.89. The van der Waals surface area contributed by atoms with E-state index in [2.05, 4.69) is 39.4 Å². The van der Waals surface area contributed by atoms with Crippen molar-refractivity contribution < 1.29 is 8.42 Å². The monoisotopic (exact) mass is 397 g/mol. The Balaban J connectivity index is 1.69. The van der Waals surface area contributed by atoms with E-state index in [1.165, 1.54) is 0 Å². The fraction of sp³-hybridized carbons (Fsp3) is 0.438. The van der Waals surface area contributed by atoms with Gasteiger partial charge in [-0.25, -0.2) is 12.7 Å². The van der Waals surface area contributed by atoms with Crippen LogP contribution in [-0.2, 0) is 10.0 Å². The lowest BCUT2D eigenvalue weighted by Gasteiger charge is -2.31. The Morgan fingerprint density at radius 2 is 1.83 bits per heavy atom. The van der Waals surface area contributed by atoms with Crippen molar-refractivity contribution in [3.8, 4) is 11.1 Å². The second kappa shape index (κ2) is 6.75.